The Labute approximate surface area is 140 Å². The van der Waals surface area contributed by atoms with Crippen molar-refractivity contribution in [3.8, 4) is 0 Å². The van der Waals surface area contributed by atoms with Gasteiger partial charge in [0.1, 0.15) is 0 Å². The third kappa shape index (κ3) is 5.54. The van der Waals surface area contributed by atoms with Crippen LogP contribution >= 0.6 is 0 Å². The number of rotatable bonds is 8. The molecule has 0 aromatic heterocycles. The van der Waals surface area contributed by atoms with Crippen LogP contribution in [0.15, 0.2) is 24.3 Å². The normalized spacial score (nSPS) is 15.4. The Morgan fingerprint density at radius 3 is 2.35 bits per heavy atom. The number of hydrogen-bond acceptors (Lipinski definition) is 3. The van der Waals surface area contributed by atoms with Crippen molar-refractivity contribution in [3.05, 3.63) is 29.8 Å². The van der Waals surface area contributed by atoms with E-state index in [2.05, 4.69) is 29.0 Å². The molecule has 0 radical (unpaired) electrons. The van der Waals surface area contributed by atoms with Gasteiger partial charge in [-0.1, -0.05) is 6.42 Å². The van der Waals surface area contributed by atoms with Crippen LogP contribution in [0.2, 0.25) is 0 Å². The zero-order valence-corrected chi connectivity index (χ0v) is 14.7. The van der Waals surface area contributed by atoms with E-state index in [0.29, 0.717) is 0 Å². The van der Waals surface area contributed by atoms with Crippen molar-refractivity contribution in [1.82, 2.24) is 10.2 Å². The van der Waals surface area contributed by atoms with E-state index in [1.807, 2.05) is 24.3 Å². The molecule has 1 aromatic rings. The minimum Gasteiger partial charge on any atom is -0.372 e. The highest BCUT2D eigenvalue weighted by Gasteiger charge is 2.10. The third-order valence-electron chi connectivity index (χ3n) is 4.64. The first kappa shape index (κ1) is 17.8. The topological polar surface area (TPSA) is 35.6 Å². The largest absolute Gasteiger partial charge is 0.372 e. The average Bonchev–Trinajstić information content (AvgIpc) is 2.61. The monoisotopic (exact) mass is 317 g/mol. The molecule has 0 aliphatic carbocycles. The molecule has 4 heteroatoms. The maximum Gasteiger partial charge on any atom is 0.251 e. The molecule has 2 rings (SSSR count). The van der Waals surface area contributed by atoms with Crippen LogP contribution in [0.1, 0.15) is 49.9 Å². The van der Waals surface area contributed by atoms with E-state index in [4.69, 9.17) is 0 Å². The Morgan fingerprint density at radius 2 is 1.74 bits per heavy atom. The summed E-state index contributed by atoms with van der Waals surface area (Å²) < 4.78 is 0. The molecule has 128 valence electrons. The first-order valence-electron chi connectivity index (χ1n) is 9.10. The highest BCUT2D eigenvalue weighted by atomic mass is 16.1. The van der Waals surface area contributed by atoms with Crippen LogP contribution < -0.4 is 10.2 Å². The van der Waals surface area contributed by atoms with Gasteiger partial charge in [0, 0.05) is 30.9 Å². The first-order chi connectivity index (χ1) is 11.2. The number of carbonyl (C=O) groups is 1. The molecule has 0 bridgehead atoms. The second kappa shape index (κ2) is 9.56. The molecule has 23 heavy (non-hydrogen) atoms. The van der Waals surface area contributed by atoms with Gasteiger partial charge in [-0.2, -0.15) is 0 Å². The Hall–Kier alpha value is -1.55. The summed E-state index contributed by atoms with van der Waals surface area (Å²) in [5.41, 5.74) is 1.93. The van der Waals surface area contributed by atoms with Crippen molar-refractivity contribution in [3.63, 3.8) is 0 Å². The zero-order valence-electron chi connectivity index (χ0n) is 14.7. The number of likely N-dealkylation sites (tertiary alicyclic amines) is 1. The van der Waals surface area contributed by atoms with Crippen molar-refractivity contribution in [1.29, 1.82) is 0 Å². The average molecular weight is 317 g/mol. The van der Waals surface area contributed by atoms with Crippen molar-refractivity contribution in [2.45, 2.75) is 39.5 Å². The molecule has 1 N–H and O–H groups in total. The van der Waals surface area contributed by atoms with Crippen molar-refractivity contribution < 1.29 is 4.79 Å². The van der Waals surface area contributed by atoms with Gasteiger partial charge in [0.15, 0.2) is 0 Å². The van der Waals surface area contributed by atoms with Gasteiger partial charge < -0.3 is 15.1 Å². The number of benzene rings is 1. The summed E-state index contributed by atoms with van der Waals surface area (Å²) in [6, 6.07) is 7.92. The highest BCUT2D eigenvalue weighted by Crippen LogP contribution is 2.15. The van der Waals surface area contributed by atoms with Gasteiger partial charge in [0.25, 0.3) is 5.91 Å². The van der Waals surface area contributed by atoms with Crippen LogP contribution in [0.25, 0.3) is 0 Å². The molecule has 1 aromatic carbocycles. The number of anilines is 1. The second-order valence-corrected chi connectivity index (χ2v) is 6.23. The zero-order chi connectivity index (χ0) is 16.5. The predicted octanol–water partition coefficient (Wildman–Crippen LogP) is 3.14. The van der Waals surface area contributed by atoms with Crippen molar-refractivity contribution >= 4 is 11.6 Å². The van der Waals surface area contributed by atoms with Crippen LogP contribution in [-0.2, 0) is 0 Å². The second-order valence-electron chi connectivity index (χ2n) is 6.23. The summed E-state index contributed by atoms with van der Waals surface area (Å²) >= 11 is 0. The Bertz CT molecular complexity index is 462. The summed E-state index contributed by atoms with van der Waals surface area (Å²) in [7, 11) is 0. The van der Waals surface area contributed by atoms with Gasteiger partial charge in [-0.25, -0.2) is 0 Å². The Balaban J connectivity index is 1.72. The maximum atomic E-state index is 12.2. The number of hydrogen-bond donors (Lipinski definition) is 1. The van der Waals surface area contributed by atoms with Gasteiger partial charge in [-0.15, -0.1) is 0 Å². The summed E-state index contributed by atoms with van der Waals surface area (Å²) in [5.74, 6) is 0.0368. The number of piperidine rings is 1. The Kier molecular flexibility index (Phi) is 7.40. The van der Waals surface area contributed by atoms with E-state index < -0.39 is 0 Å². The molecule has 0 unspecified atom stereocenters. The van der Waals surface area contributed by atoms with Gasteiger partial charge >= 0.3 is 0 Å². The molecule has 1 aliphatic rings. The van der Waals surface area contributed by atoms with E-state index in [9.17, 15) is 4.79 Å². The van der Waals surface area contributed by atoms with E-state index in [1.54, 1.807) is 0 Å². The molecular weight excluding hydrogens is 286 g/mol. The third-order valence-corrected chi connectivity index (χ3v) is 4.64. The lowest BCUT2D eigenvalue weighted by Crippen LogP contribution is -2.33. The Morgan fingerprint density at radius 1 is 1.09 bits per heavy atom. The van der Waals surface area contributed by atoms with Crippen LogP contribution in [0.4, 0.5) is 5.69 Å². The summed E-state index contributed by atoms with van der Waals surface area (Å²) in [6.07, 6.45) is 5.05. The minimum atomic E-state index is 0.0368. The molecule has 1 amide bonds. The quantitative estimate of drug-likeness (QED) is 0.748. The number of nitrogens with zero attached hydrogens (tertiary/aromatic N) is 2. The van der Waals surface area contributed by atoms with Crippen LogP contribution in [0.5, 0.6) is 0 Å². The summed E-state index contributed by atoms with van der Waals surface area (Å²) in [6.45, 7) is 10.6. The lowest BCUT2D eigenvalue weighted by molar-refractivity contribution is 0.0951. The van der Waals surface area contributed by atoms with Crippen LogP contribution in [-0.4, -0.2) is 50.1 Å². The molecule has 1 aliphatic heterocycles. The van der Waals surface area contributed by atoms with Gasteiger partial charge in [-0.05, 0) is 77.0 Å². The van der Waals surface area contributed by atoms with Gasteiger partial charge in [0.2, 0.25) is 0 Å². The molecule has 1 fully saturated rings. The van der Waals surface area contributed by atoms with E-state index in [0.717, 1.165) is 38.2 Å². The van der Waals surface area contributed by atoms with E-state index in [1.165, 1.54) is 38.0 Å². The number of nitrogens with one attached hydrogen (secondary N) is 1. The number of amides is 1. The smallest absolute Gasteiger partial charge is 0.251 e. The fraction of sp³-hybridized carbons (Fsp3) is 0.632. The molecule has 0 saturated carbocycles. The van der Waals surface area contributed by atoms with Crippen molar-refractivity contribution in [2.24, 2.45) is 0 Å². The fourth-order valence-corrected chi connectivity index (χ4v) is 3.20. The van der Waals surface area contributed by atoms with Crippen molar-refractivity contribution in [2.75, 3.05) is 44.2 Å². The number of carbonyl (C=O) groups excluding carboxylic acids is 1. The lowest BCUT2D eigenvalue weighted by Gasteiger charge is -2.26. The summed E-state index contributed by atoms with van der Waals surface area (Å²) in [5, 5.41) is 3.04. The van der Waals surface area contributed by atoms with Gasteiger partial charge in [-0.3, -0.25) is 4.79 Å². The SMILES string of the molecule is CCN(CC)c1ccc(C(=O)NCCCN2CCCCC2)cc1. The molecule has 1 saturated heterocycles. The molecule has 0 spiro atoms. The van der Waals surface area contributed by atoms with E-state index in [-0.39, 0.29) is 5.91 Å². The highest BCUT2D eigenvalue weighted by molar-refractivity contribution is 5.94. The molecule has 4 nitrogen and oxygen atoms in total. The fourth-order valence-electron chi connectivity index (χ4n) is 3.20. The lowest BCUT2D eigenvalue weighted by atomic mass is 10.1. The standard InChI is InChI=1S/C19H31N3O/c1-3-22(4-2)18-11-9-17(10-12-18)19(23)20-13-8-16-21-14-6-5-7-15-21/h9-12H,3-8,13-16H2,1-2H3,(H,20,23). The molecule has 1 heterocycles. The van der Waals surface area contributed by atoms with Crippen LogP contribution in [0.3, 0.4) is 0 Å². The first-order valence-corrected chi connectivity index (χ1v) is 9.10. The maximum absolute atomic E-state index is 12.2. The minimum absolute atomic E-state index is 0.0368. The molecule has 0 atom stereocenters. The summed E-state index contributed by atoms with van der Waals surface area (Å²) in [4.78, 5) is 17.0. The van der Waals surface area contributed by atoms with Gasteiger partial charge in [0.05, 0.1) is 0 Å². The van der Waals surface area contributed by atoms with Crippen LogP contribution in [0, 0.1) is 0 Å². The molecular formula is C19H31N3O. The predicted molar refractivity (Wildman–Crippen MR) is 97.2 cm³/mol. The van der Waals surface area contributed by atoms with E-state index >= 15 is 0 Å².